The van der Waals surface area contributed by atoms with Crippen LogP contribution >= 0.6 is 15.9 Å². The van der Waals surface area contributed by atoms with Crippen LogP contribution in [0.15, 0.2) is 22.7 Å². The van der Waals surface area contributed by atoms with E-state index in [1.165, 1.54) is 0 Å². The minimum absolute atomic E-state index is 0.0474. The Balaban J connectivity index is 1.92. The second-order valence-electron chi connectivity index (χ2n) is 5.16. The summed E-state index contributed by atoms with van der Waals surface area (Å²) in [5, 5.41) is 2.99. The molecule has 2 rings (SSSR count). The van der Waals surface area contributed by atoms with Gasteiger partial charge in [-0.25, -0.2) is 0 Å². The van der Waals surface area contributed by atoms with Crippen molar-refractivity contribution in [3.05, 3.63) is 28.2 Å². The summed E-state index contributed by atoms with van der Waals surface area (Å²) >= 11 is 3.31. The van der Waals surface area contributed by atoms with E-state index in [0.29, 0.717) is 15.7 Å². The highest BCUT2D eigenvalue weighted by atomic mass is 79.9. The summed E-state index contributed by atoms with van der Waals surface area (Å²) < 4.78 is 0.711. The molecule has 5 nitrogen and oxygen atoms in total. The van der Waals surface area contributed by atoms with Crippen molar-refractivity contribution in [3.8, 4) is 0 Å². The molecule has 0 aliphatic heterocycles. The number of nitrogens with one attached hydrogen (secondary N) is 1. The molecule has 1 fully saturated rings. The highest BCUT2D eigenvalue weighted by Gasteiger charge is 2.25. The maximum atomic E-state index is 12.1. The van der Waals surface area contributed by atoms with E-state index in [0.717, 1.165) is 25.7 Å². The van der Waals surface area contributed by atoms with Crippen LogP contribution in [0, 0.1) is 5.92 Å². The Bertz CT molecular complexity index is 525. The Morgan fingerprint density at radius 2 is 1.85 bits per heavy atom. The van der Waals surface area contributed by atoms with Crippen molar-refractivity contribution in [1.29, 1.82) is 0 Å². The molecule has 1 aliphatic rings. The van der Waals surface area contributed by atoms with Crippen molar-refractivity contribution in [2.75, 3.05) is 5.73 Å². The second kappa shape index (κ2) is 6.26. The number of nitrogens with two attached hydrogens (primary N) is 2. The molecule has 0 unspecified atom stereocenters. The van der Waals surface area contributed by atoms with Crippen molar-refractivity contribution >= 4 is 33.4 Å². The smallest absolute Gasteiger partial charge is 0.251 e. The molecule has 1 saturated carbocycles. The van der Waals surface area contributed by atoms with Crippen molar-refractivity contribution < 1.29 is 9.59 Å². The van der Waals surface area contributed by atoms with Gasteiger partial charge in [0.15, 0.2) is 0 Å². The summed E-state index contributed by atoms with van der Waals surface area (Å²) in [4.78, 5) is 23.2. The van der Waals surface area contributed by atoms with E-state index in [2.05, 4.69) is 21.2 Å². The van der Waals surface area contributed by atoms with Gasteiger partial charge < -0.3 is 16.8 Å². The SMILES string of the molecule is NC(=O)C1CCC(NC(=O)c2ccc(N)c(Br)c2)CC1. The van der Waals surface area contributed by atoms with Crippen molar-refractivity contribution in [3.63, 3.8) is 0 Å². The van der Waals surface area contributed by atoms with Crippen LogP contribution in [0.1, 0.15) is 36.0 Å². The number of hydrogen-bond donors (Lipinski definition) is 3. The number of rotatable bonds is 3. The van der Waals surface area contributed by atoms with Gasteiger partial charge in [0.1, 0.15) is 0 Å². The molecule has 1 aromatic carbocycles. The second-order valence-corrected chi connectivity index (χ2v) is 6.02. The first-order chi connectivity index (χ1) is 9.47. The number of primary amides is 1. The van der Waals surface area contributed by atoms with Crippen molar-refractivity contribution in [2.24, 2.45) is 11.7 Å². The minimum atomic E-state index is -0.239. The van der Waals surface area contributed by atoms with E-state index in [-0.39, 0.29) is 23.8 Å². The van der Waals surface area contributed by atoms with Gasteiger partial charge in [-0.2, -0.15) is 0 Å². The van der Waals surface area contributed by atoms with Gasteiger partial charge in [0, 0.05) is 27.7 Å². The highest BCUT2D eigenvalue weighted by Crippen LogP contribution is 2.25. The third-order valence-corrected chi connectivity index (χ3v) is 4.41. The molecule has 0 radical (unpaired) electrons. The largest absolute Gasteiger partial charge is 0.398 e. The fourth-order valence-corrected chi connectivity index (χ4v) is 2.84. The summed E-state index contributed by atoms with van der Waals surface area (Å²) in [6.45, 7) is 0. The normalized spacial score (nSPS) is 22.2. The zero-order chi connectivity index (χ0) is 14.7. The van der Waals surface area contributed by atoms with E-state index in [9.17, 15) is 9.59 Å². The lowest BCUT2D eigenvalue weighted by atomic mass is 9.85. The summed E-state index contributed by atoms with van der Waals surface area (Å²) in [6, 6.07) is 5.21. The van der Waals surface area contributed by atoms with Crippen LogP contribution in [0.2, 0.25) is 0 Å². The Labute approximate surface area is 126 Å². The van der Waals surface area contributed by atoms with E-state index in [1.807, 2.05) is 0 Å². The fourth-order valence-electron chi connectivity index (χ4n) is 2.46. The number of benzene rings is 1. The monoisotopic (exact) mass is 339 g/mol. The zero-order valence-corrected chi connectivity index (χ0v) is 12.7. The molecule has 108 valence electrons. The number of amides is 2. The van der Waals surface area contributed by atoms with E-state index in [4.69, 9.17) is 11.5 Å². The molecule has 0 heterocycles. The van der Waals surface area contributed by atoms with Gasteiger partial charge in [0.25, 0.3) is 5.91 Å². The predicted molar refractivity (Wildman–Crippen MR) is 81.0 cm³/mol. The predicted octanol–water partition coefficient (Wildman–Crippen LogP) is 1.81. The average molecular weight is 340 g/mol. The van der Waals surface area contributed by atoms with Gasteiger partial charge in [-0.15, -0.1) is 0 Å². The van der Waals surface area contributed by atoms with Crippen LogP contribution in [0.3, 0.4) is 0 Å². The molecule has 0 spiro atoms. The first kappa shape index (κ1) is 14.8. The molecular weight excluding hydrogens is 322 g/mol. The lowest BCUT2D eigenvalue weighted by molar-refractivity contribution is -0.122. The first-order valence-corrected chi connectivity index (χ1v) is 7.42. The maximum Gasteiger partial charge on any atom is 0.251 e. The molecule has 0 aromatic heterocycles. The molecular formula is C14H18BrN3O2. The van der Waals surface area contributed by atoms with Crippen LogP contribution in [-0.4, -0.2) is 17.9 Å². The molecule has 2 amide bonds. The number of carbonyl (C=O) groups excluding carboxylic acids is 2. The number of hydrogen-bond acceptors (Lipinski definition) is 3. The summed E-state index contributed by atoms with van der Waals surface area (Å²) in [7, 11) is 0. The molecule has 6 heteroatoms. The van der Waals surface area contributed by atoms with Crippen molar-refractivity contribution in [2.45, 2.75) is 31.7 Å². The van der Waals surface area contributed by atoms with Gasteiger partial charge in [-0.1, -0.05) is 0 Å². The lowest BCUT2D eigenvalue weighted by Gasteiger charge is -2.27. The number of carbonyl (C=O) groups is 2. The van der Waals surface area contributed by atoms with Crippen LogP contribution in [-0.2, 0) is 4.79 Å². The van der Waals surface area contributed by atoms with Gasteiger partial charge >= 0.3 is 0 Å². The fraction of sp³-hybridized carbons (Fsp3) is 0.429. The van der Waals surface area contributed by atoms with Gasteiger partial charge in [-0.3, -0.25) is 9.59 Å². The van der Waals surface area contributed by atoms with Gasteiger partial charge in [0.05, 0.1) is 0 Å². The third-order valence-electron chi connectivity index (χ3n) is 3.73. The lowest BCUT2D eigenvalue weighted by Crippen LogP contribution is -2.39. The first-order valence-electron chi connectivity index (χ1n) is 6.62. The Morgan fingerprint density at radius 3 is 2.40 bits per heavy atom. The van der Waals surface area contributed by atoms with Gasteiger partial charge in [-0.05, 0) is 59.8 Å². The molecule has 0 bridgehead atoms. The standard InChI is InChI=1S/C14H18BrN3O2/c15-11-7-9(3-6-12(11)16)14(20)18-10-4-1-8(2-5-10)13(17)19/h3,6-8,10H,1-2,4-5,16H2,(H2,17,19)(H,18,20). The Morgan fingerprint density at radius 1 is 1.20 bits per heavy atom. The number of nitrogen functional groups attached to an aromatic ring is 1. The van der Waals surface area contributed by atoms with Crippen LogP contribution < -0.4 is 16.8 Å². The third kappa shape index (κ3) is 3.50. The number of anilines is 1. The molecule has 0 saturated heterocycles. The summed E-state index contributed by atoms with van der Waals surface area (Å²) in [5.74, 6) is -0.403. The van der Waals surface area contributed by atoms with E-state index >= 15 is 0 Å². The molecule has 1 aromatic rings. The van der Waals surface area contributed by atoms with Crippen molar-refractivity contribution in [1.82, 2.24) is 5.32 Å². The number of halogens is 1. The van der Waals surface area contributed by atoms with Crippen LogP contribution in [0.5, 0.6) is 0 Å². The molecule has 1 aliphatic carbocycles. The Hall–Kier alpha value is -1.56. The quantitative estimate of drug-likeness (QED) is 0.732. The zero-order valence-electron chi connectivity index (χ0n) is 11.1. The van der Waals surface area contributed by atoms with Crippen LogP contribution in [0.4, 0.5) is 5.69 Å². The van der Waals surface area contributed by atoms with Crippen LogP contribution in [0.25, 0.3) is 0 Å². The highest BCUT2D eigenvalue weighted by molar-refractivity contribution is 9.10. The summed E-state index contributed by atoms with van der Waals surface area (Å²) in [6.07, 6.45) is 3.06. The van der Waals surface area contributed by atoms with E-state index < -0.39 is 0 Å². The topological polar surface area (TPSA) is 98.2 Å². The Kier molecular flexibility index (Phi) is 4.65. The molecule has 5 N–H and O–H groups in total. The van der Waals surface area contributed by atoms with E-state index in [1.54, 1.807) is 18.2 Å². The molecule has 20 heavy (non-hydrogen) atoms. The summed E-state index contributed by atoms with van der Waals surface area (Å²) in [5.41, 5.74) is 12.2. The average Bonchev–Trinajstić information content (AvgIpc) is 2.42. The minimum Gasteiger partial charge on any atom is -0.398 e. The molecule has 0 atom stereocenters. The van der Waals surface area contributed by atoms with Gasteiger partial charge in [0.2, 0.25) is 5.91 Å². The maximum absolute atomic E-state index is 12.1.